The number of nitrogens with one attached hydrogen (secondary N) is 2. The molecule has 2 atom stereocenters. The molecule has 0 heterocycles. The monoisotopic (exact) mass is 280 g/mol. The highest BCUT2D eigenvalue weighted by molar-refractivity contribution is 4.81. The molecule has 0 aliphatic heterocycles. The first-order chi connectivity index (χ1) is 9.05. The number of hydrogen-bond acceptors (Lipinski definition) is 2. The van der Waals surface area contributed by atoms with Gasteiger partial charge in [-0.05, 0) is 57.8 Å². The van der Waals surface area contributed by atoms with Crippen LogP contribution in [0.1, 0.15) is 45.4 Å². The van der Waals surface area contributed by atoms with E-state index in [2.05, 4.69) is 17.6 Å². The molecule has 0 aromatic rings. The van der Waals surface area contributed by atoms with Crippen LogP contribution >= 0.6 is 0 Å². The van der Waals surface area contributed by atoms with Gasteiger partial charge in [0.15, 0.2) is 0 Å². The summed E-state index contributed by atoms with van der Waals surface area (Å²) in [5, 5.41) is 6.48. The molecule has 1 fully saturated rings. The van der Waals surface area contributed by atoms with E-state index in [1.807, 2.05) is 0 Å². The summed E-state index contributed by atoms with van der Waals surface area (Å²) in [4.78, 5) is 0. The SMILES string of the molecule is CCCNCCCNCC1CCCCC1C(F)(F)F. The van der Waals surface area contributed by atoms with Crippen LogP contribution in [0.4, 0.5) is 13.2 Å². The van der Waals surface area contributed by atoms with Crippen molar-refractivity contribution < 1.29 is 13.2 Å². The number of hydrogen-bond donors (Lipinski definition) is 2. The van der Waals surface area contributed by atoms with Gasteiger partial charge in [-0.25, -0.2) is 0 Å². The fourth-order valence-electron chi connectivity index (χ4n) is 2.81. The van der Waals surface area contributed by atoms with Crippen molar-refractivity contribution in [2.24, 2.45) is 11.8 Å². The lowest BCUT2D eigenvalue weighted by molar-refractivity contribution is -0.195. The van der Waals surface area contributed by atoms with Gasteiger partial charge >= 0.3 is 6.18 Å². The van der Waals surface area contributed by atoms with E-state index in [0.29, 0.717) is 19.4 Å². The number of rotatable bonds is 8. The minimum atomic E-state index is -4.02. The molecule has 2 nitrogen and oxygen atoms in total. The highest BCUT2D eigenvalue weighted by Gasteiger charge is 2.44. The Morgan fingerprint density at radius 1 is 1.00 bits per heavy atom. The minimum absolute atomic E-state index is 0.225. The van der Waals surface area contributed by atoms with Gasteiger partial charge in [0.2, 0.25) is 0 Å². The van der Waals surface area contributed by atoms with E-state index in [0.717, 1.165) is 45.3 Å². The van der Waals surface area contributed by atoms with Crippen LogP contribution in [0.15, 0.2) is 0 Å². The second-order valence-corrected chi connectivity index (χ2v) is 5.50. The largest absolute Gasteiger partial charge is 0.392 e. The Hall–Kier alpha value is -0.290. The van der Waals surface area contributed by atoms with Crippen LogP contribution in [0.5, 0.6) is 0 Å². The van der Waals surface area contributed by atoms with Crippen LogP contribution in [-0.2, 0) is 0 Å². The van der Waals surface area contributed by atoms with E-state index in [9.17, 15) is 13.2 Å². The van der Waals surface area contributed by atoms with Gasteiger partial charge in [0.25, 0.3) is 0 Å². The van der Waals surface area contributed by atoms with Crippen LogP contribution < -0.4 is 10.6 Å². The van der Waals surface area contributed by atoms with Crippen molar-refractivity contribution >= 4 is 0 Å². The van der Waals surface area contributed by atoms with Crippen molar-refractivity contribution in [2.75, 3.05) is 26.2 Å². The van der Waals surface area contributed by atoms with Crippen molar-refractivity contribution in [3.05, 3.63) is 0 Å². The minimum Gasteiger partial charge on any atom is -0.317 e. The van der Waals surface area contributed by atoms with Gasteiger partial charge in [-0.2, -0.15) is 13.2 Å². The Bertz CT molecular complexity index is 231. The molecule has 0 aromatic carbocycles. The average molecular weight is 280 g/mol. The molecule has 19 heavy (non-hydrogen) atoms. The molecule has 0 spiro atoms. The Morgan fingerprint density at radius 2 is 1.68 bits per heavy atom. The molecule has 5 heteroatoms. The topological polar surface area (TPSA) is 24.1 Å². The van der Waals surface area contributed by atoms with E-state index >= 15 is 0 Å². The molecular weight excluding hydrogens is 253 g/mol. The molecule has 2 unspecified atom stereocenters. The van der Waals surface area contributed by atoms with E-state index in [1.165, 1.54) is 0 Å². The quantitative estimate of drug-likeness (QED) is 0.666. The Morgan fingerprint density at radius 3 is 2.37 bits per heavy atom. The lowest BCUT2D eigenvalue weighted by atomic mass is 9.78. The van der Waals surface area contributed by atoms with Gasteiger partial charge in [0.05, 0.1) is 5.92 Å². The van der Waals surface area contributed by atoms with E-state index in [-0.39, 0.29) is 5.92 Å². The molecule has 114 valence electrons. The maximum atomic E-state index is 12.9. The summed E-state index contributed by atoms with van der Waals surface area (Å²) >= 11 is 0. The predicted octanol–water partition coefficient (Wildman–Crippen LogP) is 3.33. The highest BCUT2D eigenvalue weighted by Crippen LogP contribution is 2.41. The van der Waals surface area contributed by atoms with Crippen molar-refractivity contribution in [3.8, 4) is 0 Å². The van der Waals surface area contributed by atoms with Crippen molar-refractivity contribution in [1.82, 2.24) is 10.6 Å². The molecule has 0 amide bonds. The maximum Gasteiger partial charge on any atom is 0.392 e. The standard InChI is InChI=1S/C14H27F3N2/c1-2-8-18-9-5-10-19-11-12-6-3-4-7-13(12)14(15,16)17/h12-13,18-19H,2-11H2,1H3. The molecule has 1 rings (SSSR count). The molecule has 0 radical (unpaired) electrons. The van der Waals surface area contributed by atoms with Gasteiger partial charge in [-0.15, -0.1) is 0 Å². The summed E-state index contributed by atoms with van der Waals surface area (Å²) < 4.78 is 38.6. The van der Waals surface area contributed by atoms with Crippen LogP contribution in [0.25, 0.3) is 0 Å². The fraction of sp³-hybridized carbons (Fsp3) is 1.00. The molecule has 0 saturated heterocycles. The summed E-state index contributed by atoms with van der Waals surface area (Å²) in [6, 6.07) is 0. The van der Waals surface area contributed by atoms with Crippen molar-refractivity contribution in [2.45, 2.75) is 51.6 Å². The van der Waals surface area contributed by atoms with Crippen LogP contribution in [0, 0.1) is 11.8 Å². The summed E-state index contributed by atoms with van der Waals surface area (Å²) in [6.07, 6.45) is 0.763. The third kappa shape index (κ3) is 6.61. The number of alkyl halides is 3. The Kier molecular flexibility index (Phi) is 7.76. The van der Waals surface area contributed by atoms with Gasteiger partial charge < -0.3 is 10.6 Å². The Labute approximate surface area is 114 Å². The van der Waals surface area contributed by atoms with E-state index in [1.54, 1.807) is 0 Å². The molecule has 1 saturated carbocycles. The third-order valence-corrected chi connectivity index (χ3v) is 3.87. The van der Waals surface area contributed by atoms with Crippen LogP contribution in [-0.4, -0.2) is 32.4 Å². The molecule has 1 aliphatic rings. The zero-order chi connectivity index (χ0) is 14.1. The second-order valence-electron chi connectivity index (χ2n) is 5.50. The third-order valence-electron chi connectivity index (χ3n) is 3.87. The molecule has 0 bridgehead atoms. The summed E-state index contributed by atoms with van der Waals surface area (Å²) in [7, 11) is 0. The smallest absolute Gasteiger partial charge is 0.317 e. The van der Waals surface area contributed by atoms with Crippen LogP contribution in [0.3, 0.4) is 0 Å². The van der Waals surface area contributed by atoms with E-state index < -0.39 is 12.1 Å². The van der Waals surface area contributed by atoms with Gasteiger partial charge in [-0.3, -0.25) is 0 Å². The van der Waals surface area contributed by atoms with Crippen molar-refractivity contribution in [1.29, 1.82) is 0 Å². The molecule has 1 aliphatic carbocycles. The molecule has 2 N–H and O–H groups in total. The lowest BCUT2D eigenvalue weighted by Crippen LogP contribution is -2.39. The van der Waals surface area contributed by atoms with Gasteiger partial charge in [-0.1, -0.05) is 19.8 Å². The normalized spacial score (nSPS) is 24.6. The lowest BCUT2D eigenvalue weighted by Gasteiger charge is -2.33. The zero-order valence-electron chi connectivity index (χ0n) is 11.9. The first kappa shape index (κ1) is 16.8. The number of halogens is 3. The first-order valence-electron chi connectivity index (χ1n) is 7.54. The summed E-state index contributed by atoms with van der Waals surface area (Å²) in [6.45, 7) is 5.38. The fourth-order valence-corrected chi connectivity index (χ4v) is 2.81. The summed E-state index contributed by atoms with van der Waals surface area (Å²) in [5.41, 5.74) is 0. The maximum absolute atomic E-state index is 12.9. The predicted molar refractivity (Wildman–Crippen MR) is 72.2 cm³/mol. The molecular formula is C14H27F3N2. The Balaban J connectivity index is 2.15. The molecule has 0 aromatic heterocycles. The van der Waals surface area contributed by atoms with Crippen LogP contribution in [0.2, 0.25) is 0 Å². The van der Waals surface area contributed by atoms with Gasteiger partial charge in [0.1, 0.15) is 0 Å². The van der Waals surface area contributed by atoms with Gasteiger partial charge in [0, 0.05) is 0 Å². The summed E-state index contributed by atoms with van der Waals surface area (Å²) in [5.74, 6) is -1.32. The zero-order valence-corrected chi connectivity index (χ0v) is 11.9. The second kappa shape index (κ2) is 8.80. The van der Waals surface area contributed by atoms with Crippen molar-refractivity contribution in [3.63, 3.8) is 0 Å². The first-order valence-corrected chi connectivity index (χ1v) is 7.54. The average Bonchev–Trinajstić information content (AvgIpc) is 2.37. The highest BCUT2D eigenvalue weighted by atomic mass is 19.4. The van der Waals surface area contributed by atoms with E-state index in [4.69, 9.17) is 0 Å².